The molecule has 1 heterocycles. The van der Waals surface area contributed by atoms with E-state index in [2.05, 4.69) is 0 Å². The Morgan fingerprint density at radius 3 is 2.53 bits per heavy atom. The van der Waals surface area contributed by atoms with Gasteiger partial charge in [0.25, 0.3) is 0 Å². The molecule has 0 aromatic rings. The monoisotopic (exact) mass is 221 g/mol. The van der Waals surface area contributed by atoms with Crippen LogP contribution in [0.25, 0.3) is 0 Å². The van der Waals surface area contributed by atoms with Crippen molar-refractivity contribution in [3.8, 4) is 0 Å². The summed E-state index contributed by atoms with van der Waals surface area (Å²) in [5, 5.41) is 28.0. The SMILES string of the molecule is CCCOC1O[C@H](CO)[C@@H](O)[C@H](O)[C@H]1N. The van der Waals surface area contributed by atoms with Crippen LogP contribution in [0.2, 0.25) is 0 Å². The minimum Gasteiger partial charge on any atom is -0.394 e. The molecule has 5 atom stereocenters. The zero-order valence-electron chi connectivity index (χ0n) is 8.74. The summed E-state index contributed by atoms with van der Waals surface area (Å²) in [6.45, 7) is 2.01. The highest BCUT2D eigenvalue weighted by Crippen LogP contribution is 2.20. The Morgan fingerprint density at radius 1 is 1.33 bits per heavy atom. The molecule has 0 aromatic carbocycles. The lowest BCUT2D eigenvalue weighted by molar-refractivity contribution is -0.265. The Hall–Kier alpha value is -0.240. The van der Waals surface area contributed by atoms with Crippen molar-refractivity contribution >= 4 is 0 Å². The molecule has 1 aliphatic heterocycles. The molecule has 0 bridgehead atoms. The average Bonchev–Trinajstić information content (AvgIpc) is 2.25. The zero-order valence-corrected chi connectivity index (χ0v) is 8.74. The van der Waals surface area contributed by atoms with Crippen LogP contribution in [-0.2, 0) is 9.47 Å². The van der Waals surface area contributed by atoms with Gasteiger partial charge in [-0.05, 0) is 6.42 Å². The van der Waals surface area contributed by atoms with E-state index in [1.54, 1.807) is 0 Å². The van der Waals surface area contributed by atoms with Crippen LogP contribution in [-0.4, -0.2) is 59.2 Å². The molecular weight excluding hydrogens is 202 g/mol. The smallest absolute Gasteiger partial charge is 0.175 e. The fourth-order valence-corrected chi connectivity index (χ4v) is 1.49. The molecule has 0 aromatic heterocycles. The summed E-state index contributed by atoms with van der Waals surface area (Å²) >= 11 is 0. The van der Waals surface area contributed by atoms with Crippen LogP contribution < -0.4 is 5.73 Å². The van der Waals surface area contributed by atoms with Gasteiger partial charge in [0.2, 0.25) is 0 Å². The molecule has 0 spiro atoms. The summed E-state index contributed by atoms with van der Waals surface area (Å²) in [4.78, 5) is 0. The molecule has 6 nitrogen and oxygen atoms in total. The molecule has 90 valence electrons. The molecule has 5 N–H and O–H groups in total. The van der Waals surface area contributed by atoms with Gasteiger partial charge in [0, 0.05) is 6.61 Å². The van der Waals surface area contributed by atoms with Gasteiger partial charge >= 0.3 is 0 Å². The third-order valence-electron chi connectivity index (χ3n) is 2.41. The normalized spacial score (nSPS) is 41.8. The predicted octanol–water partition coefficient (Wildman–Crippen LogP) is -1.82. The highest BCUT2D eigenvalue weighted by Gasteiger charge is 2.42. The molecule has 1 unspecified atom stereocenters. The fourth-order valence-electron chi connectivity index (χ4n) is 1.49. The second-order valence-corrected chi connectivity index (χ2v) is 3.65. The topological polar surface area (TPSA) is 105 Å². The molecule has 15 heavy (non-hydrogen) atoms. The summed E-state index contributed by atoms with van der Waals surface area (Å²) in [5.41, 5.74) is 5.63. The molecule has 0 radical (unpaired) electrons. The van der Waals surface area contributed by atoms with Crippen LogP contribution in [0, 0.1) is 0 Å². The Morgan fingerprint density at radius 2 is 2.00 bits per heavy atom. The van der Waals surface area contributed by atoms with Gasteiger partial charge in [0.05, 0.1) is 12.6 Å². The predicted molar refractivity (Wildman–Crippen MR) is 52.0 cm³/mol. The summed E-state index contributed by atoms with van der Waals surface area (Å²) in [5.74, 6) is 0. The van der Waals surface area contributed by atoms with E-state index >= 15 is 0 Å². The van der Waals surface area contributed by atoms with Crippen LogP contribution in [0.3, 0.4) is 0 Å². The number of aliphatic hydroxyl groups excluding tert-OH is 3. The van der Waals surface area contributed by atoms with Crippen molar-refractivity contribution in [2.24, 2.45) is 5.73 Å². The first-order valence-electron chi connectivity index (χ1n) is 5.11. The van der Waals surface area contributed by atoms with Crippen LogP contribution in [0.15, 0.2) is 0 Å². The summed E-state index contributed by atoms with van der Waals surface area (Å²) < 4.78 is 10.5. The standard InChI is InChI=1S/C9H19NO5/c1-2-3-14-9-6(10)8(13)7(12)5(4-11)15-9/h5-9,11-13H,2-4,10H2,1H3/t5-,6-,7-,8-,9?/m1/s1. The first-order valence-corrected chi connectivity index (χ1v) is 5.11. The van der Waals surface area contributed by atoms with Crippen LogP contribution in [0.5, 0.6) is 0 Å². The third kappa shape index (κ3) is 2.87. The molecule has 1 aliphatic rings. The van der Waals surface area contributed by atoms with Crippen molar-refractivity contribution in [1.82, 2.24) is 0 Å². The maximum absolute atomic E-state index is 9.57. The van der Waals surface area contributed by atoms with Gasteiger partial charge in [-0.1, -0.05) is 6.92 Å². The largest absolute Gasteiger partial charge is 0.394 e. The summed E-state index contributed by atoms with van der Waals surface area (Å²) in [6.07, 6.45) is -3.14. The van der Waals surface area contributed by atoms with Gasteiger partial charge in [-0.3, -0.25) is 0 Å². The second kappa shape index (κ2) is 5.74. The van der Waals surface area contributed by atoms with Crippen LogP contribution in [0.1, 0.15) is 13.3 Å². The molecule has 1 saturated heterocycles. The number of nitrogens with two attached hydrogens (primary N) is 1. The molecule has 1 rings (SSSR count). The highest BCUT2D eigenvalue weighted by atomic mass is 16.7. The van der Waals surface area contributed by atoms with E-state index in [-0.39, 0.29) is 6.61 Å². The van der Waals surface area contributed by atoms with E-state index in [4.69, 9.17) is 20.3 Å². The number of rotatable bonds is 4. The van der Waals surface area contributed by atoms with Crippen molar-refractivity contribution in [2.45, 2.75) is 44.0 Å². The first-order chi connectivity index (χ1) is 7.11. The van der Waals surface area contributed by atoms with E-state index in [1.807, 2.05) is 6.92 Å². The molecule has 0 amide bonds. The van der Waals surface area contributed by atoms with E-state index < -0.39 is 30.6 Å². The van der Waals surface area contributed by atoms with E-state index in [0.717, 1.165) is 6.42 Å². The molecule has 1 fully saturated rings. The number of hydrogen-bond acceptors (Lipinski definition) is 6. The zero-order chi connectivity index (χ0) is 11.4. The minimum absolute atomic E-state index is 0.378. The molecule has 0 saturated carbocycles. The summed E-state index contributed by atoms with van der Waals surface area (Å²) in [7, 11) is 0. The van der Waals surface area contributed by atoms with Gasteiger partial charge < -0.3 is 30.5 Å². The van der Waals surface area contributed by atoms with Gasteiger partial charge in [0.15, 0.2) is 6.29 Å². The van der Waals surface area contributed by atoms with E-state index in [1.165, 1.54) is 0 Å². The Bertz CT molecular complexity index is 189. The Balaban J connectivity index is 2.57. The number of aliphatic hydroxyl groups is 3. The van der Waals surface area contributed by atoms with Gasteiger partial charge in [-0.2, -0.15) is 0 Å². The first kappa shape index (κ1) is 12.8. The molecule has 6 heteroatoms. The van der Waals surface area contributed by atoms with Gasteiger partial charge in [0.1, 0.15) is 18.3 Å². The molecular formula is C9H19NO5. The van der Waals surface area contributed by atoms with E-state index in [0.29, 0.717) is 6.61 Å². The fraction of sp³-hybridized carbons (Fsp3) is 1.00. The van der Waals surface area contributed by atoms with Crippen LogP contribution >= 0.6 is 0 Å². The third-order valence-corrected chi connectivity index (χ3v) is 2.41. The van der Waals surface area contributed by atoms with Crippen molar-refractivity contribution < 1.29 is 24.8 Å². The lowest BCUT2D eigenvalue weighted by Crippen LogP contribution is -2.62. The number of hydrogen-bond donors (Lipinski definition) is 4. The number of ether oxygens (including phenoxy) is 2. The maximum Gasteiger partial charge on any atom is 0.175 e. The second-order valence-electron chi connectivity index (χ2n) is 3.65. The quantitative estimate of drug-likeness (QED) is 0.445. The lowest BCUT2D eigenvalue weighted by Gasteiger charge is -2.40. The van der Waals surface area contributed by atoms with Gasteiger partial charge in [-0.15, -0.1) is 0 Å². The molecule has 0 aliphatic carbocycles. The minimum atomic E-state index is -1.17. The van der Waals surface area contributed by atoms with Gasteiger partial charge in [-0.25, -0.2) is 0 Å². The van der Waals surface area contributed by atoms with Crippen molar-refractivity contribution in [3.05, 3.63) is 0 Å². The van der Waals surface area contributed by atoms with Crippen LogP contribution in [0.4, 0.5) is 0 Å². The highest BCUT2D eigenvalue weighted by molar-refractivity contribution is 4.91. The van der Waals surface area contributed by atoms with Crippen molar-refractivity contribution in [3.63, 3.8) is 0 Å². The summed E-state index contributed by atoms with van der Waals surface area (Å²) in [6, 6.07) is -0.797. The Labute approximate surface area is 88.6 Å². The van der Waals surface area contributed by atoms with Crippen molar-refractivity contribution in [1.29, 1.82) is 0 Å². The van der Waals surface area contributed by atoms with Crippen molar-refractivity contribution in [2.75, 3.05) is 13.2 Å². The lowest BCUT2D eigenvalue weighted by atomic mass is 9.98. The van der Waals surface area contributed by atoms with E-state index in [9.17, 15) is 10.2 Å². The Kier molecular flexibility index (Phi) is 4.91. The maximum atomic E-state index is 9.57. The average molecular weight is 221 g/mol.